The van der Waals surface area contributed by atoms with Crippen LogP contribution < -0.4 is 4.74 Å². The topological polar surface area (TPSA) is 35.0 Å². The van der Waals surface area contributed by atoms with Gasteiger partial charge in [-0.05, 0) is 30.3 Å². The molecule has 6 heteroatoms. The Bertz CT molecular complexity index is 819. The van der Waals surface area contributed by atoms with Crippen LogP contribution in [0.5, 0.6) is 5.75 Å². The predicted octanol–water partition coefficient (Wildman–Crippen LogP) is 4.24. The highest BCUT2D eigenvalue weighted by Gasteiger charge is 2.11. The summed E-state index contributed by atoms with van der Waals surface area (Å²) in [6.45, 7) is 0. The van der Waals surface area contributed by atoms with E-state index in [1.165, 1.54) is 0 Å². The molecular formula is C15H9ClF2N2O. The SMILES string of the molecule is COc1ccc2nc(-c3cc(F)cc(F)c3)nc(Cl)c2c1. The summed E-state index contributed by atoms with van der Waals surface area (Å²) in [5.74, 6) is -0.604. The highest BCUT2D eigenvalue weighted by molar-refractivity contribution is 6.34. The van der Waals surface area contributed by atoms with Crippen molar-refractivity contribution in [1.82, 2.24) is 9.97 Å². The van der Waals surface area contributed by atoms with E-state index in [1.807, 2.05) is 0 Å². The fourth-order valence-corrected chi connectivity index (χ4v) is 2.24. The van der Waals surface area contributed by atoms with E-state index in [1.54, 1.807) is 25.3 Å². The minimum Gasteiger partial charge on any atom is -0.497 e. The average Bonchev–Trinajstić information content (AvgIpc) is 2.46. The van der Waals surface area contributed by atoms with Crippen molar-refractivity contribution >= 4 is 22.5 Å². The van der Waals surface area contributed by atoms with Gasteiger partial charge in [-0.2, -0.15) is 0 Å². The molecule has 0 unspecified atom stereocenters. The third-order valence-electron chi connectivity index (χ3n) is 2.98. The molecule has 1 heterocycles. The Balaban J connectivity index is 2.20. The number of methoxy groups -OCH3 is 1. The van der Waals surface area contributed by atoms with Gasteiger partial charge in [0.05, 0.1) is 12.6 Å². The molecule has 0 atom stereocenters. The zero-order valence-electron chi connectivity index (χ0n) is 10.9. The van der Waals surface area contributed by atoms with E-state index in [0.717, 1.165) is 18.2 Å². The van der Waals surface area contributed by atoms with Crippen LogP contribution >= 0.6 is 11.6 Å². The molecule has 0 radical (unpaired) electrons. The smallest absolute Gasteiger partial charge is 0.161 e. The molecule has 0 N–H and O–H groups in total. The number of benzene rings is 2. The standard InChI is InChI=1S/C15H9ClF2N2O/c1-21-11-2-3-13-12(7-11)14(16)20-15(19-13)8-4-9(17)6-10(18)5-8/h2-7H,1H3. The van der Waals surface area contributed by atoms with Gasteiger partial charge < -0.3 is 4.74 Å². The lowest BCUT2D eigenvalue weighted by Gasteiger charge is -2.06. The molecule has 0 aliphatic carbocycles. The number of halogens is 3. The monoisotopic (exact) mass is 306 g/mol. The lowest BCUT2D eigenvalue weighted by molar-refractivity contribution is 0.415. The number of rotatable bonds is 2. The highest BCUT2D eigenvalue weighted by atomic mass is 35.5. The van der Waals surface area contributed by atoms with Crippen molar-refractivity contribution in [2.45, 2.75) is 0 Å². The fourth-order valence-electron chi connectivity index (χ4n) is 2.01. The van der Waals surface area contributed by atoms with E-state index in [0.29, 0.717) is 16.7 Å². The molecule has 0 aliphatic rings. The summed E-state index contributed by atoms with van der Waals surface area (Å²) >= 11 is 6.13. The van der Waals surface area contributed by atoms with Gasteiger partial charge in [0, 0.05) is 17.0 Å². The Labute approximate surface area is 124 Å². The molecule has 1 aromatic heterocycles. The Morgan fingerprint density at radius 2 is 1.71 bits per heavy atom. The number of aromatic nitrogens is 2. The van der Waals surface area contributed by atoms with Crippen LogP contribution in [0.1, 0.15) is 0 Å². The number of hydrogen-bond acceptors (Lipinski definition) is 3. The van der Waals surface area contributed by atoms with Gasteiger partial charge in [0.2, 0.25) is 0 Å². The van der Waals surface area contributed by atoms with E-state index in [4.69, 9.17) is 16.3 Å². The van der Waals surface area contributed by atoms with Gasteiger partial charge >= 0.3 is 0 Å². The zero-order chi connectivity index (χ0) is 15.0. The Kier molecular flexibility index (Phi) is 3.43. The molecule has 0 bridgehead atoms. The maximum absolute atomic E-state index is 13.3. The molecule has 0 fully saturated rings. The van der Waals surface area contributed by atoms with Crippen molar-refractivity contribution in [3.8, 4) is 17.1 Å². The lowest BCUT2D eigenvalue weighted by Crippen LogP contribution is -1.94. The first-order valence-electron chi connectivity index (χ1n) is 6.04. The second kappa shape index (κ2) is 5.26. The summed E-state index contributed by atoms with van der Waals surface area (Å²) in [4.78, 5) is 8.37. The molecule has 3 aromatic rings. The van der Waals surface area contributed by atoms with Crippen molar-refractivity contribution < 1.29 is 13.5 Å². The summed E-state index contributed by atoms with van der Waals surface area (Å²) in [5, 5.41) is 0.801. The van der Waals surface area contributed by atoms with Crippen LogP contribution in [0.2, 0.25) is 5.15 Å². The van der Waals surface area contributed by atoms with Crippen LogP contribution in [0.4, 0.5) is 8.78 Å². The number of fused-ring (bicyclic) bond motifs is 1. The quantitative estimate of drug-likeness (QED) is 0.664. The van der Waals surface area contributed by atoms with Gasteiger partial charge in [0.25, 0.3) is 0 Å². The maximum atomic E-state index is 13.3. The van der Waals surface area contributed by atoms with Crippen molar-refractivity contribution in [3.05, 3.63) is 53.2 Å². The Morgan fingerprint density at radius 1 is 1.00 bits per heavy atom. The summed E-state index contributed by atoms with van der Waals surface area (Å²) in [6, 6.07) is 8.24. The molecule has 3 rings (SSSR count). The minimum atomic E-state index is -0.695. The van der Waals surface area contributed by atoms with Crippen LogP contribution in [-0.2, 0) is 0 Å². The number of nitrogens with zero attached hydrogens (tertiary/aromatic N) is 2. The molecule has 0 saturated heterocycles. The van der Waals surface area contributed by atoms with Crippen LogP contribution in [0.25, 0.3) is 22.3 Å². The second-order valence-electron chi connectivity index (χ2n) is 4.38. The largest absolute Gasteiger partial charge is 0.497 e. The molecule has 106 valence electrons. The first-order valence-corrected chi connectivity index (χ1v) is 6.42. The molecular weight excluding hydrogens is 298 g/mol. The Hall–Kier alpha value is -2.27. The average molecular weight is 307 g/mol. The second-order valence-corrected chi connectivity index (χ2v) is 4.74. The van der Waals surface area contributed by atoms with E-state index in [9.17, 15) is 8.78 Å². The van der Waals surface area contributed by atoms with E-state index in [2.05, 4.69) is 9.97 Å². The Morgan fingerprint density at radius 3 is 2.38 bits per heavy atom. The van der Waals surface area contributed by atoms with E-state index < -0.39 is 11.6 Å². The molecule has 3 nitrogen and oxygen atoms in total. The van der Waals surface area contributed by atoms with Gasteiger partial charge in [-0.15, -0.1) is 0 Å². The number of ether oxygens (including phenoxy) is 1. The summed E-state index contributed by atoms with van der Waals surface area (Å²) in [6.07, 6.45) is 0. The zero-order valence-corrected chi connectivity index (χ0v) is 11.7. The minimum absolute atomic E-state index is 0.163. The van der Waals surface area contributed by atoms with Crippen molar-refractivity contribution in [2.24, 2.45) is 0 Å². The van der Waals surface area contributed by atoms with Crippen LogP contribution in [0.3, 0.4) is 0 Å². The highest BCUT2D eigenvalue weighted by Crippen LogP contribution is 2.28. The normalized spacial score (nSPS) is 10.9. The molecule has 0 saturated carbocycles. The first-order chi connectivity index (χ1) is 10.1. The van der Waals surface area contributed by atoms with Gasteiger partial charge in [0.1, 0.15) is 22.5 Å². The predicted molar refractivity (Wildman–Crippen MR) is 76.5 cm³/mol. The van der Waals surface area contributed by atoms with Crippen molar-refractivity contribution in [2.75, 3.05) is 7.11 Å². The van der Waals surface area contributed by atoms with Crippen LogP contribution in [-0.4, -0.2) is 17.1 Å². The third kappa shape index (κ3) is 2.64. The summed E-state index contributed by atoms with van der Waals surface area (Å²) in [7, 11) is 1.54. The van der Waals surface area contributed by atoms with Crippen molar-refractivity contribution in [1.29, 1.82) is 0 Å². The fraction of sp³-hybridized carbons (Fsp3) is 0.0667. The molecule has 0 aliphatic heterocycles. The van der Waals surface area contributed by atoms with Crippen LogP contribution in [0, 0.1) is 11.6 Å². The van der Waals surface area contributed by atoms with Crippen molar-refractivity contribution in [3.63, 3.8) is 0 Å². The van der Waals surface area contributed by atoms with Gasteiger partial charge in [-0.25, -0.2) is 18.7 Å². The third-order valence-corrected chi connectivity index (χ3v) is 3.27. The number of hydrogen-bond donors (Lipinski definition) is 0. The first kappa shape index (κ1) is 13.7. The van der Waals surface area contributed by atoms with Gasteiger partial charge in [-0.3, -0.25) is 0 Å². The van der Waals surface area contributed by atoms with E-state index in [-0.39, 0.29) is 16.5 Å². The van der Waals surface area contributed by atoms with Gasteiger partial charge in [-0.1, -0.05) is 11.6 Å². The molecule has 2 aromatic carbocycles. The van der Waals surface area contributed by atoms with E-state index >= 15 is 0 Å². The lowest BCUT2D eigenvalue weighted by atomic mass is 10.2. The maximum Gasteiger partial charge on any atom is 0.161 e. The van der Waals surface area contributed by atoms with Crippen LogP contribution in [0.15, 0.2) is 36.4 Å². The van der Waals surface area contributed by atoms with Gasteiger partial charge in [0.15, 0.2) is 5.82 Å². The summed E-state index contributed by atoms with van der Waals surface area (Å²) < 4.78 is 31.7. The molecule has 0 spiro atoms. The molecule has 0 amide bonds. The molecule has 21 heavy (non-hydrogen) atoms. The summed E-state index contributed by atoms with van der Waals surface area (Å²) in [5.41, 5.74) is 0.794.